The summed E-state index contributed by atoms with van der Waals surface area (Å²) in [6.45, 7) is 1.58. The van der Waals surface area contributed by atoms with Crippen molar-refractivity contribution in [2.24, 2.45) is 0 Å². The molecule has 0 radical (unpaired) electrons. The summed E-state index contributed by atoms with van der Waals surface area (Å²) in [5.74, 6) is -0.400. The molecule has 2 rings (SSSR count). The monoisotopic (exact) mass is 444 g/mol. The summed E-state index contributed by atoms with van der Waals surface area (Å²) in [5, 5.41) is 0.778. The largest absolute Gasteiger partial charge is 0.481 e. The Balaban J connectivity index is 1.85. The average molecular weight is 446 g/mol. The van der Waals surface area contributed by atoms with Crippen LogP contribution >= 0.6 is 39.1 Å². The van der Waals surface area contributed by atoms with Gasteiger partial charge in [-0.05, 0) is 42.8 Å². The van der Waals surface area contributed by atoms with Crippen LogP contribution in [0.3, 0.4) is 0 Å². The van der Waals surface area contributed by atoms with E-state index in [4.69, 9.17) is 27.9 Å². The fraction of sp³-hybridized carbons (Fsp3) is 0.176. The van der Waals surface area contributed by atoms with Crippen LogP contribution in [0.1, 0.15) is 12.5 Å². The molecule has 25 heavy (non-hydrogen) atoms. The van der Waals surface area contributed by atoms with E-state index in [2.05, 4.69) is 26.8 Å². The van der Waals surface area contributed by atoms with Crippen molar-refractivity contribution in [2.45, 2.75) is 19.4 Å². The van der Waals surface area contributed by atoms with E-state index in [1.54, 1.807) is 43.3 Å². The van der Waals surface area contributed by atoms with Crippen LogP contribution in [-0.2, 0) is 16.0 Å². The molecular weight excluding hydrogens is 431 g/mol. The molecular formula is C17H15BrCl2N2O3. The van der Waals surface area contributed by atoms with Crippen molar-refractivity contribution < 1.29 is 14.3 Å². The highest BCUT2D eigenvalue weighted by Gasteiger charge is 2.16. The number of halogens is 3. The number of carbonyl (C=O) groups is 2. The van der Waals surface area contributed by atoms with Gasteiger partial charge in [0.05, 0.1) is 6.42 Å². The third kappa shape index (κ3) is 5.92. The summed E-state index contributed by atoms with van der Waals surface area (Å²) in [6.07, 6.45) is -0.849. The zero-order valence-corrected chi connectivity index (χ0v) is 16.3. The molecule has 0 aliphatic carbocycles. The molecule has 1 unspecified atom stereocenters. The van der Waals surface area contributed by atoms with Crippen LogP contribution in [0.5, 0.6) is 5.75 Å². The summed E-state index contributed by atoms with van der Waals surface area (Å²) in [4.78, 5) is 24.0. The van der Waals surface area contributed by atoms with Crippen molar-refractivity contribution in [1.82, 2.24) is 10.9 Å². The fourth-order valence-electron chi connectivity index (χ4n) is 1.94. The maximum Gasteiger partial charge on any atom is 0.279 e. The first kappa shape index (κ1) is 19.6. The van der Waals surface area contributed by atoms with Gasteiger partial charge in [-0.2, -0.15) is 0 Å². The Morgan fingerprint density at radius 1 is 1.12 bits per heavy atom. The van der Waals surface area contributed by atoms with Crippen molar-refractivity contribution in [3.05, 3.63) is 62.5 Å². The Hall–Kier alpha value is -1.76. The lowest BCUT2D eigenvalue weighted by Crippen LogP contribution is -2.47. The molecule has 5 nitrogen and oxygen atoms in total. The van der Waals surface area contributed by atoms with E-state index in [0.29, 0.717) is 21.4 Å². The highest BCUT2D eigenvalue weighted by molar-refractivity contribution is 9.10. The molecule has 8 heteroatoms. The van der Waals surface area contributed by atoms with Gasteiger partial charge in [-0.1, -0.05) is 51.3 Å². The van der Waals surface area contributed by atoms with Crippen molar-refractivity contribution in [3.63, 3.8) is 0 Å². The van der Waals surface area contributed by atoms with Crippen molar-refractivity contribution in [2.75, 3.05) is 0 Å². The van der Waals surface area contributed by atoms with Gasteiger partial charge < -0.3 is 4.74 Å². The van der Waals surface area contributed by atoms with Gasteiger partial charge in [0.15, 0.2) is 6.10 Å². The highest BCUT2D eigenvalue weighted by Crippen LogP contribution is 2.24. The summed E-state index contributed by atoms with van der Waals surface area (Å²) >= 11 is 15.4. The molecule has 0 spiro atoms. The summed E-state index contributed by atoms with van der Waals surface area (Å²) in [7, 11) is 0. The number of hydrogen-bond acceptors (Lipinski definition) is 3. The van der Waals surface area contributed by atoms with Gasteiger partial charge in [0.2, 0.25) is 5.91 Å². The van der Waals surface area contributed by atoms with Crippen LogP contribution in [0.25, 0.3) is 0 Å². The first-order valence-electron chi connectivity index (χ1n) is 7.30. The molecule has 1 atom stereocenters. The third-order valence-electron chi connectivity index (χ3n) is 3.20. The van der Waals surface area contributed by atoms with Crippen LogP contribution in [-0.4, -0.2) is 17.9 Å². The van der Waals surface area contributed by atoms with Crippen LogP contribution < -0.4 is 15.6 Å². The number of carbonyl (C=O) groups excluding carboxylic acids is 2. The third-order valence-corrected chi connectivity index (χ3v) is 4.40. The molecule has 2 aromatic rings. The average Bonchev–Trinajstić information content (AvgIpc) is 2.56. The summed E-state index contributed by atoms with van der Waals surface area (Å²) < 4.78 is 6.35. The highest BCUT2D eigenvalue weighted by atomic mass is 79.9. The lowest BCUT2D eigenvalue weighted by molar-refractivity contribution is -0.132. The number of nitrogens with one attached hydrogen (secondary N) is 2. The molecule has 0 aliphatic heterocycles. The van der Waals surface area contributed by atoms with E-state index in [1.165, 1.54) is 0 Å². The molecule has 2 N–H and O–H groups in total. The minimum Gasteiger partial charge on any atom is -0.481 e. The number of amides is 2. The minimum atomic E-state index is -0.793. The Labute approximate surface area is 163 Å². The predicted octanol–water partition coefficient (Wildman–Crippen LogP) is 3.91. The van der Waals surface area contributed by atoms with Gasteiger partial charge in [-0.3, -0.25) is 20.4 Å². The molecule has 132 valence electrons. The van der Waals surface area contributed by atoms with Gasteiger partial charge >= 0.3 is 0 Å². The van der Waals surface area contributed by atoms with Crippen LogP contribution in [0.15, 0.2) is 46.9 Å². The van der Waals surface area contributed by atoms with Crippen LogP contribution in [0, 0.1) is 0 Å². The fourth-order valence-corrected chi connectivity index (χ4v) is 2.85. The minimum absolute atomic E-state index is 0.0559. The Bertz CT molecular complexity index is 766. The summed E-state index contributed by atoms with van der Waals surface area (Å²) in [5.41, 5.74) is 5.13. The molecule has 0 heterocycles. The van der Waals surface area contributed by atoms with E-state index < -0.39 is 17.9 Å². The van der Waals surface area contributed by atoms with E-state index in [0.717, 1.165) is 4.47 Å². The van der Waals surface area contributed by atoms with E-state index in [1.807, 2.05) is 6.07 Å². The first-order chi connectivity index (χ1) is 11.9. The smallest absolute Gasteiger partial charge is 0.279 e. The number of hydrazine groups is 1. The Morgan fingerprint density at radius 2 is 1.76 bits per heavy atom. The summed E-state index contributed by atoms with van der Waals surface area (Å²) in [6, 6.07) is 12.1. The number of hydrogen-bond donors (Lipinski definition) is 2. The topological polar surface area (TPSA) is 67.4 Å². The predicted molar refractivity (Wildman–Crippen MR) is 101 cm³/mol. The molecule has 0 bridgehead atoms. The number of benzene rings is 2. The van der Waals surface area contributed by atoms with Crippen LogP contribution in [0.4, 0.5) is 0 Å². The molecule has 2 amide bonds. The number of ether oxygens (including phenoxy) is 1. The van der Waals surface area contributed by atoms with Gasteiger partial charge in [0.1, 0.15) is 5.75 Å². The quantitative estimate of drug-likeness (QED) is 0.685. The Morgan fingerprint density at radius 3 is 2.40 bits per heavy atom. The van der Waals surface area contributed by atoms with Gasteiger partial charge in [0, 0.05) is 14.5 Å². The zero-order valence-electron chi connectivity index (χ0n) is 13.2. The molecule has 0 aliphatic rings. The lowest BCUT2D eigenvalue weighted by atomic mass is 10.1. The second-order valence-electron chi connectivity index (χ2n) is 5.13. The van der Waals surface area contributed by atoms with Crippen molar-refractivity contribution in [1.29, 1.82) is 0 Å². The van der Waals surface area contributed by atoms with E-state index in [-0.39, 0.29) is 6.42 Å². The molecule has 0 saturated carbocycles. The zero-order chi connectivity index (χ0) is 18.4. The second kappa shape index (κ2) is 9.08. The molecule has 0 aromatic heterocycles. The molecule has 2 aromatic carbocycles. The second-order valence-corrected chi connectivity index (χ2v) is 6.86. The molecule has 0 fully saturated rings. The van der Waals surface area contributed by atoms with Gasteiger partial charge in [0.25, 0.3) is 5.91 Å². The maximum absolute atomic E-state index is 12.0. The van der Waals surface area contributed by atoms with E-state index in [9.17, 15) is 9.59 Å². The standard InChI is InChI=1S/C17H15BrCl2N2O3/c1-10(25-12-5-2-4-11(18)8-12)17(24)22-21-16(23)9-13-14(19)6-3-7-15(13)20/h2-8,10H,9H2,1H3,(H,21,23)(H,22,24). The maximum atomic E-state index is 12.0. The SMILES string of the molecule is CC(Oc1cccc(Br)c1)C(=O)NNC(=O)Cc1c(Cl)cccc1Cl. The van der Waals surface area contributed by atoms with Crippen molar-refractivity contribution >= 4 is 50.9 Å². The molecule has 0 saturated heterocycles. The Kier molecular flexibility index (Phi) is 7.11. The number of rotatable bonds is 5. The van der Waals surface area contributed by atoms with Crippen molar-refractivity contribution in [3.8, 4) is 5.75 Å². The lowest BCUT2D eigenvalue weighted by Gasteiger charge is -2.15. The normalized spacial score (nSPS) is 11.5. The van der Waals surface area contributed by atoms with Gasteiger partial charge in [-0.25, -0.2) is 0 Å². The van der Waals surface area contributed by atoms with Gasteiger partial charge in [-0.15, -0.1) is 0 Å². The van der Waals surface area contributed by atoms with Crippen LogP contribution in [0.2, 0.25) is 10.0 Å². The van der Waals surface area contributed by atoms with E-state index >= 15 is 0 Å². The first-order valence-corrected chi connectivity index (χ1v) is 8.85.